The van der Waals surface area contributed by atoms with Crippen LogP contribution in [-0.4, -0.2) is 19.5 Å². The van der Waals surface area contributed by atoms with Crippen molar-refractivity contribution >= 4 is 23.2 Å². The van der Waals surface area contributed by atoms with Gasteiger partial charge >= 0.3 is 0 Å². The van der Waals surface area contributed by atoms with E-state index in [0.717, 1.165) is 61.8 Å². The van der Waals surface area contributed by atoms with E-state index in [4.69, 9.17) is 32.7 Å². The number of ether oxygens (including phenoxy) is 2. The molecule has 2 atom stereocenters. The number of aryl methyl sites for hydroxylation is 1. The van der Waals surface area contributed by atoms with Crippen molar-refractivity contribution in [3.05, 3.63) is 69.2 Å². The lowest BCUT2D eigenvalue weighted by molar-refractivity contribution is -0.163. The maximum absolute atomic E-state index is 6.24. The first-order chi connectivity index (χ1) is 13.2. The summed E-state index contributed by atoms with van der Waals surface area (Å²) in [6.07, 6.45) is 7.58. The lowest BCUT2D eigenvalue weighted by Crippen LogP contribution is -2.27. The van der Waals surface area contributed by atoms with Crippen LogP contribution in [0.15, 0.2) is 42.5 Å². The van der Waals surface area contributed by atoms with Gasteiger partial charge in [0, 0.05) is 28.7 Å². The number of rotatable bonds is 6. The molecule has 2 aromatic rings. The summed E-state index contributed by atoms with van der Waals surface area (Å²) < 4.78 is 11.7. The molecule has 0 saturated carbocycles. The van der Waals surface area contributed by atoms with Crippen molar-refractivity contribution in [1.82, 2.24) is 0 Å². The van der Waals surface area contributed by atoms with Crippen LogP contribution < -0.4 is 0 Å². The van der Waals surface area contributed by atoms with Gasteiger partial charge in [0.15, 0.2) is 6.29 Å². The summed E-state index contributed by atoms with van der Waals surface area (Å²) >= 11 is 12.4. The smallest absolute Gasteiger partial charge is 0.157 e. The van der Waals surface area contributed by atoms with E-state index in [2.05, 4.69) is 24.3 Å². The average Bonchev–Trinajstić information content (AvgIpc) is 3.05. The van der Waals surface area contributed by atoms with Crippen molar-refractivity contribution in [3.63, 3.8) is 0 Å². The van der Waals surface area contributed by atoms with Crippen LogP contribution in [0.3, 0.4) is 0 Å². The van der Waals surface area contributed by atoms with Gasteiger partial charge < -0.3 is 9.47 Å². The van der Waals surface area contributed by atoms with E-state index in [1.54, 1.807) is 0 Å². The van der Waals surface area contributed by atoms with Gasteiger partial charge in [-0.3, -0.25) is 0 Å². The molecule has 2 aliphatic rings. The summed E-state index contributed by atoms with van der Waals surface area (Å²) in [5.74, 6) is 0. The quantitative estimate of drug-likeness (QED) is 0.508. The van der Waals surface area contributed by atoms with Gasteiger partial charge in [-0.15, -0.1) is 0 Å². The highest BCUT2D eigenvalue weighted by atomic mass is 35.5. The minimum absolute atomic E-state index is 0.0140. The Labute approximate surface area is 171 Å². The Morgan fingerprint density at radius 3 is 2.63 bits per heavy atom. The van der Waals surface area contributed by atoms with Gasteiger partial charge in [-0.2, -0.15) is 0 Å². The minimum Gasteiger partial charge on any atom is -0.353 e. The van der Waals surface area contributed by atoms with Crippen LogP contribution in [0.2, 0.25) is 10.0 Å². The maximum Gasteiger partial charge on any atom is 0.157 e. The number of hydrogen-bond donors (Lipinski definition) is 0. The first kappa shape index (κ1) is 19.3. The largest absolute Gasteiger partial charge is 0.353 e. The molecule has 1 fully saturated rings. The SMILES string of the molecule is Clc1ccc(C2(CCCOC3CCCCO3)CCc3cc(Cl)ccc32)cc1. The number of fused-ring (bicyclic) bond motifs is 1. The predicted octanol–water partition coefficient (Wildman–Crippen LogP) is 6.55. The fraction of sp³-hybridized carbons (Fsp3) is 0.478. The van der Waals surface area contributed by atoms with Gasteiger partial charge in [-0.25, -0.2) is 0 Å². The first-order valence-electron chi connectivity index (χ1n) is 9.96. The van der Waals surface area contributed by atoms with Crippen LogP contribution in [0.1, 0.15) is 55.2 Å². The Kier molecular flexibility index (Phi) is 6.08. The molecule has 0 spiro atoms. The summed E-state index contributed by atoms with van der Waals surface area (Å²) in [7, 11) is 0. The standard InChI is InChI=1S/C23H26Cl2O2/c24-19-7-5-18(6-8-19)23(12-3-15-27-22-4-1-2-14-26-22)13-11-17-16-20(25)9-10-21(17)23/h5-10,16,22H,1-4,11-15H2. The summed E-state index contributed by atoms with van der Waals surface area (Å²) in [4.78, 5) is 0. The van der Waals surface area contributed by atoms with Crippen LogP contribution in [0, 0.1) is 0 Å². The third-order valence-corrected chi connectivity index (χ3v) is 6.48. The molecule has 2 nitrogen and oxygen atoms in total. The van der Waals surface area contributed by atoms with Gasteiger partial charge in [-0.05, 0) is 85.9 Å². The van der Waals surface area contributed by atoms with Crippen molar-refractivity contribution in [2.45, 2.75) is 56.7 Å². The molecule has 4 rings (SSSR count). The second-order valence-electron chi connectivity index (χ2n) is 7.66. The first-order valence-corrected chi connectivity index (χ1v) is 10.7. The number of hydrogen-bond acceptors (Lipinski definition) is 2. The fourth-order valence-corrected chi connectivity index (χ4v) is 4.94. The Balaban J connectivity index is 1.52. The molecule has 27 heavy (non-hydrogen) atoms. The molecule has 2 unspecified atom stereocenters. The monoisotopic (exact) mass is 404 g/mol. The summed E-state index contributed by atoms with van der Waals surface area (Å²) in [6.45, 7) is 1.57. The van der Waals surface area contributed by atoms with Crippen molar-refractivity contribution in [2.75, 3.05) is 13.2 Å². The van der Waals surface area contributed by atoms with Crippen molar-refractivity contribution in [1.29, 1.82) is 0 Å². The van der Waals surface area contributed by atoms with E-state index in [-0.39, 0.29) is 11.7 Å². The zero-order valence-electron chi connectivity index (χ0n) is 15.6. The Morgan fingerprint density at radius 1 is 1.04 bits per heavy atom. The highest BCUT2D eigenvalue weighted by Crippen LogP contribution is 2.48. The van der Waals surface area contributed by atoms with Crippen molar-refractivity contribution in [3.8, 4) is 0 Å². The second-order valence-corrected chi connectivity index (χ2v) is 8.53. The average molecular weight is 405 g/mol. The van der Waals surface area contributed by atoms with Gasteiger partial charge in [-0.1, -0.05) is 41.4 Å². The molecular formula is C23H26Cl2O2. The molecule has 4 heteroatoms. The number of benzene rings is 2. The molecular weight excluding hydrogens is 379 g/mol. The molecule has 1 saturated heterocycles. The molecule has 1 aliphatic heterocycles. The summed E-state index contributed by atoms with van der Waals surface area (Å²) in [6, 6.07) is 14.7. The van der Waals surface area contributed by atoms with E-state index in [1.165, 1.54) is 23.1 Å². The Bertz CT molecular complexity index is 768. The van der Waals surface area contributed by atoms with Crippen molar-refractivity contribution in [2.24, 2.45) is 0 Å². The fourth-order valence-electron chi connectivity index (χ4n) is 4.62. The molecule has 0 N–H and O–H groups in total. The molecule has 1 aliphatic carbocycles. The molecule has 0 amide bonds. The Hall–Kier alpha value is -1.06. The molecule has 0 aromatic heterocycles. The molecule has 1 heterocycles. The zero-order valence-corrected chi connectivity index (χ0v) is 17.1. The third-order valence-electron chi connectivity index (χ3n) is 5.99. The van der Waals surface area contributed by atoms with Crippen LogP contribution in [0.25, 0.3) is 0 Å². The van der Waals surface area contributed by atoms with Crippen LogP contribution in [0.4, 0.5) is 0 Å². The van der Waals surface area contributed by atoms with Gasteiger partial charge in [0.2, 0.25) is 0 Å². The number of halogens is 2. The molecule has 0 bridgehead atoms. The summed E-state index contributed by atoms with van der Waals surface area (Å²) in [5, 5.41) is 1.60. The van der Waals surface area contributed by atoms with Crippen LogP contribution in [-0.2, 0) is 21.3 Å². The highest BCUT2D eigenvalue weighted by molar-refractivity contribution is 6.30. The predicted molar refractivity (Wildman–Crippen MR) is 111 cm³/mol. The summed E-state index contributed by atoms with van der Waals surface area (Å²) in [5.41, 5.74) is 4.13. The third kappa shape index (κ3) is 4.19. The Morgan fingerprint density at radius 2 is 1.85 bits per heavy atom. The lowest BCUT2D eigenvalue weighted by atomic mass is 9.72. The van der Waals surface area contributed by atoms with Gasteiger partial charge in [0.1, 0.15) is 0 Å². The van der Waals surface area contributed by atoms with E-state index in [0.29, 0.717) is 0 Å². The van der Waals surface area contributed by atoms with Crippen LogP contribution >= 0.6 is 23.2 Å². The maximum atomic E-state index is 6.24. The van der Waals surface area contributed by atoms with Crippen LogP contribution in [0.5, 0.6) is 0 Å². The minimum atomic E-state index is -0.0140. The van der Waals surface area contributed by atoms with E-state index < -0.39 is 0 Å². The zero-order chi connectivity index (χ0) is 18.7. The lowest BCUT2D eigenvalue weighted by Gasteiger charge is -2.32. The molecule has 0 radical (unpaired) electrons. The van der Waals surface area contributed by atoms with E-state index in [1.807, 2.05) is 18.2 Å². The van der Waals surface area contributed by atoms with Gasteiger partial charge in [0.05, 0.1) is 0 Å². The second kappa shape index (κ2) is 8.53. The molecule has 2 aromatic carbocycles. The normalized spacial score (nSPS) is 24.7. The van der Waals surface area contributed by atoms with Crippen molar-refractivity contribution < 1.29 is 9.47 Å². The molecule has 144 valence electrons. The van der Waals surface area contributed by atoms with Gasteiger partial charge in [0.25, 0.3) is 0 Å². The topological polar surface area (TPSA) is 18.5 Å². The van der Waals surface area contributed by atoms with E-state index in [9.17, 15) is 0 Å². The highest BCUT2D eigenvalue weighted by Gasteiger charge is 2.39. The van der Waals surface area contributed by atoms with E-state index >= 15 is 0 Å².